The van der Waals surface area contributed by atoms with Crippen LogP contribution in [0.1, 0.15) is 26.2 Å². The molecule has 0 amide bonds. The van der Waals surface area contributed by atoms with E-state index in [0.717, 1.165) is 42.2 Å². The average molecular weight is 462 g/mol. The zero-order chi connectivity index (χ0) is 22.4. The van der Waals surface area contributed by atoms with Crippen LogP contribution in [0, 0.1) is 5.92 Å². The Labute approximate surface area is 187 Å². The summed E-state index contributed by atoms with van der Waals surface area (Å²) in [6.07, 6.45) is 6.64. The second kappa shape index (κ2) is 10.2. The summed E-state index contributed by atoms with van der Waals surface area (Å²) in [6, 6.07) is 13.1. The summed E-state index contributed by atoms with van der Waals surface area (Å²) in [4.78, 5) is 13.8. The number of unbranched alkanes of at least 4 members (excludes halogenated alkanes) is 1. The van der Waals surface area contributed by atoms with Crippen molar-refractivity contribution in [3.63, 3.8) is 0 Å². The number of carboxylic acids is 1. The summed E-state index contributed by atoms with van der Waals surface area (Å²) in [7, 11) is -3.56. The highest BCUT2D eigenvalue weighted by Gasteiger charge is 2.33. The number of carboxylic acid groups (broad SMARTS) is 1. The first kappa shape index (κ1) is 23.2. The van der Waals surface area contributed by atoms with Crippen molar-refractivity contribution in [2.45, 2.75) is 36.0 Å². The van der Waals surface area contributed by atoms with E-state index in [1.54, 1.807) is 0 Å². The molecule has 1 atom stereocenters. The van der Waals surface area contributed by atoms with Gasteiger partial charge in [0.05, 0.1) is 33.6 Å². The highest BCUT2D eigenvalue weighted by atomic mass is 32.2. The van der Waals surface area contributed by atoms with Crippen molar-refractivity contribution >= 4 is 38.9 Å². The van der Waals surface area contributed by atoms with Crippen LogP contribution in [0.15, 0.2) is 64.6 Å². The van der Waals surface area contributed by atoms with Gasteiger partial charge in [0.15, 0.2) is 9.84 Å². The van der Waals surface area contributed by atoms with Crippen molar-refractivity contribution in [1.29, 1.82) is 0 Å². The molecule has 166 valence electrons. The predicted molar refractivity (Wildman–Crippen MR) is 124 cm³/mol. The molecule has 0 aliphatic carbocycles. The van der Waals surface area contributed by atoms with Crippen molar-refractivity contribution in [1.82, 2.24) is 0 Å². The van der Waals surface area contributed by atoms with E-state index in [-0.39, 0.29) is 16.6 Å². The van der Waals surface area contributed by atoms with Crippen molar-refractivity contribution in [2.24, 2.45) is 5.92 Å². The molecule has 0 saturated carbocycles. The van der Waals surface area contributed by atoms with Gasteiger partial charge in [-0.3, -0.25) is 0 Å². The quantitative estimate of drug-likeness (QED) is 0.332. The molecular weight excluding hydrogens is 434 g/mol. The number of nitrogens with zero attached hydrogens (tertiary/aromatic N) is 1. The summed E-state index contributed by atoms with van der Waals surface area (Å²) >= 11 is 1.42. The number of ether oxygens (including phenoxy) is 1. The SMILES string of the molecule is CCCC[C@@H]1CN(c2ccccc2)c2cc(SC)c(O/C=C/C(=O)O)cc2S(=O)(=O)C1. The number of sulfone groups is 1. The normalized spacial score (nSPS) is 17.9. The fraction of sp³-hybridized carbons (Fsp3) is 0.348. The highest BCUT2D eigenvalue weighted by Crippen LogP contribution is 2.43. The largest absolute Gasteiger partial charge is 0.478 e. The first-order valence-corrected chi connectivity index (χ1v) is 13.1. The summed E-state index contributed by atoms with van der Waals surface area (Å²) in [5.41, 5.74) is 1.57. The molecule has 2 aromatic carbocycles. The molecule has 8 heteroatoms. The summed E-state index contributed by atoms with van der Waals surface area (Å²) < 4.78 is 32.3. The Balaban J connectivity index is 2.14. The molecule has 1 aliphatic heterocycles. The maximum atomic E-state index is 13.4. The third kappa shape index (κ3) is 5.62. The summed E-state index contributed by atoms with van der Waals surface area (Å²) in [5.74, 6) is -0.729. The molecule has 0 bridgehead atoms. The van der Waals surface area contributed by atoms with Gasteiger partial charge in [-0.05, 0) is 36.8 Å². The second-order valence-corrected chi connectivity index (χ2v) is 10.3. The van der Waals surface area contributed by atoms with E-state index in [2.05, 4.69) is 11.8 Å². The molecule has 6 nitrogen and oxygen atoms in total. The van der Waals surface area contributed by atoms with Crippen LogP contribution in [0.4, 0.5) is 11.4 Å². The fourth-order valence-corrected chi connectivity index (χ4v) is 6.12. The maximum absolute atomic E-state index is 13.4. The number of hydrogen-bond acceptors (Lipinski definition) is 6. The molecule has 3 rings (SSSR count). The third-order valence-corrected chi connectivity index (χ3v) is 7.87. The Morgan fingerprint density at radius 3 is 2.68 bits per heavy atom. The number of para-hydroxylation sites is 1. The van der Waals surface area contributed by atoms with Crippen molar-refractivity contribution in [2.75, 3.05) is 23.5 Å². The number of fused-ring (bicyclic) bond motifs is 1. The van der Waals surface area contributed by atoms with Gasteiger partial charge in [-0.25, -0.2) is 13.2 Å². The first-order chi connectivity index (χ1) is 14.9. The van der Waals surface area contributed by atoms with Gasteiger partial charge in [-0.15, -0.1) is 11.8 Å². The van der Waals surface area contributed by atoms with Crippen LogP contribution < -0.4 is 9.64 Å². The maximum Gasteiger partial charge on any atom is 0.331 e. The first-order valence-electron chi connectivity index (χ1n) is 10.2. The van der Waals surface area contributed by atoms with Gasteiger partial charge in [0.25, 0.3) is 0 Å². The van der Waals surface area contributed by atoms with Crippen molar-refractivity contribution in [3.05, 3.63) is 54.8 Å². The lowest BCUT2D eigenvalue weighted by Gasteiger charge is -2.28. The lowest BCUT2D eigenvalue weighted by molar-refractivity contribution is -0.131. The number of carbonyl (C=O) groups is 1. The molecule has 2 aromatic rings. The summed E-state index contributed by atoms with van der Waals surface area (Å²) in [5, 5.41) is 8.82. The number of aliphatic carboxylic acids is 1. The van der Waals surface area contributed by atoms with Crippen LogP contribution in [-0.2, 0) is 14.6 Å². The molecular formula is C23H27NO5S2. The second-order valence-electron chi connectivity index (χ2n) is 7.47. The molecule has 1 N–H and O–H groups in total. The van der Waals surface area contributed by atoms with Crippen molar-refractivity contribution in [3.8, 4) is 5.75 Å². The van der Waals surface area contributed by atoms with Gasteiger partial charge in [-0.1, -0.05) is 38.0 Å². The van der Waals surface area contributed by atoms with Crippen LogP contribution in [0.2, 0.25) is 0 Å². The van der Waals surface area contributed by atoms with E-state index in [4.69, 9.17) is 9.84 Å². The number of benzene rings is 2. The predicted octanol–water partition coefficient (Wildman–Crippen LogP) is 5.12. The van der Waals surface area contributed by atoms with E-state index in [9.17, 15) is 13.2 Å². The number of rotatable bonds is 8. The van der Waals surface area contributed by atoms with E-state index in [1.807, 2.05) is 42.7 Å². The molecule has 0 aromatic heterocycles. The number of hydrogen-bond donors (Lipinski definition) is 1. The van der Waals surface area contributed by atoms with E-state index < -0.39 is 15.8 Å². The molecule has 1 heterocycles. The Bertz CT molecular complexity index is 1050. The van der Waals surface area contributed by atoms with E-state index in [1.165, 1.54) is 17.8 Å². The van der Waals surface area contributed by atoms with Crippen LogP contribution in [0.5, 0.6) is 5.75 Å². The van der Waals surface area contributed by atoms with Crippen LogP contribution in [0.25, 0.3) is 0 Å². The zero-order valence-corrected chi connectivity index (χ0v) is 19.3. The standard InChI is InChI=1S/C23H27NO5S2/c1-3-4-8-17-15-24(18-9-6-5-7-10-18)19-13-21(30-2)20(29-12-11-23(25)26)14-22(19)31(27,28)16-17/h5-7,9-14,17H,3-4,8,15-16H2,1-2H3,(H,25,26)/b12-11+/t17-/m1/s1. The zero-order valence-electron chi connectivity index (χ0n) is 17.7. The number of thioether (sulfide) groups is 1. The fourth-order valence-electron chi connectivity index (χ4n) is 3.74. The minimum Gasteiger partial charge on any atom is -0.478 e. The lowest BCUT2D eigenvalue weighted by Crippen LogP contribution is -2.26. The topological polar surface area (TPSA) is 83.9 Å². The van der Waals surface area contributed by atoms with Gasteiger partial charge in [-0.2, -0.15) is 0 Å². The van der Waals surface area contributed by atoms with E-state index >= 15 is 0 Å². The van der Waals surface area contributed by atoms with Gasteiger partial charge >= 0.3 is 5.97 Å². The van der Waals surface area contributed by atoms with Crippen molar-refractivity contribution < 1.29 is 23.1 Å². The van der Waals surface area contributed by atoms with Crippen LogP contribution in [-0.4, -0.2) is 38.0 Å². The van der Waals surface area contributed by atoms with Gasteiger partial charge in [0, 0.05) is 18.3 Å². The van der Waals surface area contributed by atoms with E-state index in [0.29, 0.717) is 18.0 Å². The van der Waals surface area contributed by atoms with Gasteiger partial charge in [0.2, 0.25) is 0 Å². The molecule has 0 unspecified atom stereocenters. The number of anilines is 2. The van der Waals surface area contributed by atoms with Gasteiger partial charge in [0.1, 0.15) is 5.75 Å². The summed E-state index contributed by atoms with van der Waals surface area (Å²) in [6.45, 7) is 2.72. The Hall–Kier alpha value is -2.45. The minimum atomic E-state index is -3.56. The monoisotopic (exact) mass is 461 g/mol. The molecule has 0 spiro atoms. The smallest absolute Gasteiger partial charge is 0.331 e. The molecule has 0 fully saturated rings. The molecule has 1 aliphatic rings. The van der Waals surface area contributed by atoms with Crippen LogP contribution >= 0.6 is 11.8 Å². The highest BCUT2D eigenvalue weighted by molar-refractivity contribution is 7.98. The average Bonchev–Trinajstić information content (AvgIpc) is 2.85. The van der Waals surface area contributed by atoms with Crippen LogP contribution in [0.3, 0.4) is 0 Å². The third-order valence-electron chi connectivity index (χ3n) is 5.21. The Morgan fingerprint density at radius 2 is 2.03 bits per heavy atom. The molecule has 0 radical (unpaired) electrons. The lowest BCUT2D eigenvalue weighted by atomic mass is 10.0. The minimum absolute atomic E-state index is 0.00607. The van der Waals surface area contributed by atoms with Gasteiger partial charge < -0.3 is 14.7 Å². The Morgan fingerprint density at radius 1 is 1.29 bits per heavy atom. The molecule has 0 saturated heterocycles. The molecule has 31 heavy (non-hydrogen) atoms. The Kier molecular flexibility index (Phi) is 7.67.